The molecule has 116 valence electrons. The van der Waals surface area contributed by atoms with Gasteiger partial charge in [-0.25, -0.2) is 0 Å². The average Bonchev–Trinajstić information content (AvgIpc) is 2.46. The fourth-order valence-electron chi connectivity index (χ4n) is 2.34. The first-order valence-electron chi connectivity index (χ1n) is 7.76. The smallest absolute Gasteiger partial charge is 0.223 e. The van der Waals surface area contributed by atoms with E-state index in [2.05, 4.69) is 12.2 Å². The molecule has 1 heterocycles. The molecule has 0 saturated carbocycles. The molecule has 0 atom stereocenters. The summed E-state index contributed by atoms with van der Waals surface area (Å²) in [4.78, 5) is 25.0. The maximum absolute atomic E-state index is 12.0. The van der Waals surface area contributed by atoms with Crippen LogP contribution >= 0.6 is 0 Å². The third kappa shape index (κ3) is 6.37. The van der Waals surface area contributed by atoms with Gasteiger partial charge in [-0.05, 0) is 25.7 Å². The number of carbonyl (C=O) groups is 2. The van der Waals surface area contributed by atoms with Gasteiger partial charge in [-0.2, -0.15) is 0 Å². The Hall–Kier alpha value is -1.10. The highest BCUT2D eigenvalue weighted by Gasteiger charge is 2.25. The molecular weight excluding hydrogens is 256 g/mol. The number of amides is 2. The Morgan fingerprint density at radius 3 is 2.45 bits per heavy atom. The summed E-state index contributed by atoms with van der Waals surface area (Å²) in [5.74, 6) is 0.293. The highest BCUT2D eigenvalue weighted by Crippen LogP contribution is 2.17. The van der Waals surface area contributed by atoms with E-state index in [0.29, 0.717) is 26.2 Å². The molecule has 1 aliphatic heterocycles. The lowest BCUT2D eigenvalue weighted by atomic mass is 9.96. The van der Waals surface area contributed by atoms with Crippen LogP contribution in [0.2, 0.25) is 0 Å². The molecule has 0 bridgehead atoms. The van der Waals surface area contributed by atoms with Gasteiger partial charge in [0.15, 0.2) is 0 Å². The number of hydrogen-bond donors (Lipinski definition) is 1. The van der Waals surface area contributed by atoms with E-state index < -0.39 is 0 Å². The van der Waals surface area contributed by atoms with Crippen LogP contribution in [0.5, 0.6) is 0 Å². The van der Waals surface area contributed by atoms with Gasteiger partial charge in [-0.3, -0.25) is 9.59 Å². The number of rotatable bonds is 8. The Kier molecular flexibility index (Phi) is 8.26. The molecule has 20 heavy (non-hydrogen) atoms. The van der Waals surface area contributed by atoms with Gasteiger partial charge in [0.2, 0.25) is 11.8 Å². The number of ether oxygens (including phenoxy) is 1. The Balaban J connectivity index is 2.04. The number of piperidine rings is 1. The van der Waals surface area contributed by atoms with E-state index in [1.54, 1.807) is 6.92 Å². The Morgan fingerprint density at radius 1 is 1.20 bits per heavy atom. The predicted octanol–water partition coefficient (Wildman–Crippen LogP) is 1.57. The van der Waals surface area contributed by atoms with Gasteiger partial charge in [0, 0.05) is 45.7 Å². The summed E-state index contributed by atoms with van der Waals surface area (Å²) in [5, 5.41) is 2.96. The van der Waals surface area contributed by atoms with Crippen molar-refractivity contribution in [3.05, 3.63) is 0 Å². The average molecular weight is 284 g/mol. The SMILES string of the molecule is CCCCOCCCNC(=O)C1CCN(C(C)=O)CC1. The molecule has 0 aromatic rings. The molecule has 0 aromatic heterocycles. The first-order chi connectivity index (χ1) is 9.65. The van der Waals surface area contributed by atoms with Crippen molar-refractivity contribution in [1.82, 2.24) is 10.2 Å². The third-order valence-electron chi connectivity index (χ3n) is 3.72. The van der Waals surface area contributed by atoms with Crippen molar-refractivity contribution in [2.75, 3.05) is 32.8 Å². The summed E-state index contributed by atoms with van der Waals surface area (Å²) < 4.78 is 5.45. The van der Waals surface area contributed by atoms with Gasteiger partial charge in [-0.15, -0.1) is 0 Å². The Labute approximate surface area is 122 Å². The van der Waals surface area contributed by atoms with E-state index >= 15 is 0 Å². The van der Waals surface area contributed by atoms with E-state index in [4.69, 9.17) is 4.74 Å². The second-order valence-corrected chi connectivity index (χ2v) is 5.39. The summed E-state index contributed by atoms with van der Waals surface area (Å²) in [6.07, 6.45) is 4.66. The van der Waals surface area contributed by atoms with Gasteiger partial charge in [0.1, 0.15) is 0 Å². The van der Waals surface area contributed by atoms with Crippen LogP contribution in [0.1, 0.15) is 46.0 Å². The van der Waals surface area contributed by atoms with E-state index in [1.807, 2.05) is 4.90 Å². The quantitative estimate of drug-likeness (QED) is 0.688. The van der Waals surface area contributed by atoms with Crippen LogP contribution < -0.4 is 5.32 Å². The van der Waals surface area contributed by atoms with Crippen LogP contribution in [-0.4, -0.2) is 49.6 Å². The first-order valence-corrected chi connectivity index (χ1v) is 7.76. The summed E-state index contributed by atoms with van der Waals surface area (Å²) in [6.45, 7) is 7.33. The lowest BCUT2D eigenvalue weighted by molar-refractivity contribution is -0.133. The largest absolute Gasteiger partial charge is 0.381 e. The van der Waals surface area contributed by atoms with Gasteiger partial charge in [-0.1, -0.05) is 13.3 Å². The zero-order valence-electron chi connectivity index (χ0n) is 12.8. The molecule has 1 saturated heterocycles. The minimum atomic E-state index is 0.0617. The van der Waals surface area contributed by atoms with Crippen molar-refractivity contribution < 1.29 is 14.3 Å². The van der Waals surface area contributed by atoms with Crippen LogP contribution in [-0.2, 0) is 14.3 Å². The molecule has 5 nitrogen and oxygen atoms in total. The van der Waals surface area contributed by atoms with Crippen LogP contribution in [0, 0.1) is 5.92 Å². The third-order valence-corrected chi connectivity index (χ3v) is 3.72. The van der Waals surface area contributed by atoms with Crippen LogP contribution in [0.25, 0.3) is 0 Å². The molecule has 0 aliphatic carbocycles. The number of hydrogen-bond acceptors (Lipinski definition) is 3. The van der Waals surface area contributed by atoms with E-state index in [0.717, 1.165) is 38.7 Å². The first kappa shape index (κ1) is 17.0. The van der Waals surface area contributed by atoms with Gasteiger partial charge < -0.3 is 15.0 Å². The van der Waals surface area contributed by atoms with Crippen molar-refractivity contribution in [3.63, 3.8) is 0 Å². The summed E-state index contributed by atoms with van der Waals surface area (Å²) in [7, 11) is 0. The van der Waals surface area contributed by atoms with Crippen molar-refractivity contribution in [1.29, 1.82) is 0 Å². The standard InChI is InChI=1S/C15H28N2O3/c1-3-4-11-20-12-5-8-16-15(19)14-6-9-17(10-7-14)13(2)18/h14H,3-12H2,1-2H3,(H,16,19). The summed E-state index contributed by atoms with van der Waals surface area (Å²) in [5.41, 5.74) is 0. The van der Waals surface area contributed by atoms with Crippen molar-refractivity contribution in [3.8, 4) is 0 Å². The molecule has 0 spiro atoms. The molecule has 1 rings (SSSR count). The minimum absolute atomic E-state index is 0.0617. The zero-order valence-corrected chi connectivity index (χ0v) is 12.8. The number of nitrogens with one attached hydrogen (secondary N) is 1. The normalized spacial score (nSPS) is 16.2. The predicted molar refractivity (Wildman–Crippen MR) is 78.3 cm³/mol. The molecule has 1 aliphatic rings. The molecule has 5 heteroatoms. The minimum Gasteiger partial charge on any atom is -0.381 e. The Morgan fingerprint density at radius 2 is 1.85 bits per heavy atom. The van der Waals surface area contributed by atoms with Crippen molar-refractivity contribution in [2.24, 2.45) is 5.92 Å². The van der Waals surface area contributed by atoms with Crippen LogP contribution in [0.4, 0.5) is 0 Å². The fraction of sp³-hybridized carbons (Fsp3) is 0.867. The van der Waals surface area contributed by atoms with Crippen LogP contribution in [0.15, 0.2) is 0 Å². The topological polar surface area (TPSA) is 58.6 Å². The van der Waals surface area contributed by atoms with Gasteiger partial charge in [0.05, 0.1) is 0 Å². The number of unbranched alkanes of at least 4 members (excludes halogenated alkanes) is 1. The number of likely N-dealkylation sites (tertiary alicyclic amines) is 1. The fourth-order valence-corrected chi connectivity index (χ4v) is 2.34. The monoisotopic (exact) mass is 284 g/mol. The lowest BCUT2D eigenvalue weighted by Crippen LogP contribution is -2.42. The molecule has 0 radical (unpaired) electrons. The van der Waals surface area contributed by atoms with Gasteiger partial charge >= 0.3 is 0 Å². The summed E-state index contributed by atoms with van der Waals surface area (Å²) >= 11 is 0. The van der Waals surface area contributed by atoms with E-state index in [-0.39, 0.29) is 17.7 Å². The molecule has 1 fully saturated rings. The second-order valence-electron chi connectivity index (χ2n) is 5.39. The Bertz CT molecular complexity index is 299. The van der Waals surface area contributed by atoms with Crippen LogP contribution in [0.3, 0.4) is 0 Å². The number of carbonyl (C=O) groups excluding carboxylic acids is 2. The maximum atomic E-state index is 12.0. The highest BCUT2D eigenvalue weighted by atomic mass is 16.5. The molecule has 2 amide bonds. The maximum Gasteiger partial charge on any atom is 0.223 e. The highest BCUT2D eigenvalue weighted by molar-refractivity contribution is 5.79. The second kappa shape index (κ2) is 9.75. The van der Waals surface area contributed by atoms with Crippen molar-refractivity contribution in [2.45, 2.75) is 46.0 Å². The van der Waals surface area contributed by atoms with E-state index in [1.165, 1.54) is 0 Å². The zero-order chi connectivity index (χ0) is 14.8. The number of nitrogens with zero attached hydrogens (tertiary/aromatic N) is 1. The molecule has 0 aromatic carbocycles. The van der Waals surface area contributed by atoms with Crippen molar-refractivity contribution >= 4 is 11.8 Å². The molecule has 0 unspecified atom stereocenters. The molecular formula is C15H28N2O3. The van der Waals surface area contributed by atoms with E-state index in [9.17, 15) is 9.59 Å². The summed E-state index contributed by atoms with van der Waals surface area (Å²) in [6, 6.07) is 0. The lowest BCUT2D eigenvalue weighted by Gasteiger charge is -2.30. The molecule has 1 N–H and O–H groups in total. The van der Waals surface area contributed by atoms with Gasteiger partial charge in [0.25, 0.3) is 0 Å².